The van der Waals surface area contributed by atoms with Crippen LogP contribution in [0.1, 0.15) is 72.1 Å². The summed E-state index contributed by atoms with van der Waals surface area (Å²) >= 11 is 0. The molecule has 2 aliphatic heterocycles. The van der Waals surface area contributed by atoms with Gasteiger partial charge in [0, 0.05) is 24.7 Å². The lowest BCUT2D eigenvalue weighted by molar-refractivity contribution is -0.269. The van der Waals surface area contributed by atoms with Gasteiger partial charge in [0.1, 0.15) is 11.1 Å². The number of ether oxygens (including phenoxy) is 4. The van der Waals surface area contributed by atoms with E-state index in [9.17, 15) is 19.5 Å². The van der Waals surface area contributed by atoms with Gasteiger partial charge < -0.3 is 24.1 Å². The number of allylic oxidation sites excluding steroid dienone is 4. The van der Waals surface area contributed by atoms with E-state index in [0.717, 1.165) is 38.5 Å². The van der Waals surface area contributed by atoms with E-state index in [2.05, 4.69) is 0 Å². The Bertz CT molecular complexity index is 980. The number of aliphatic hydroxyl groups is 1. The van der Waals surface area contributed by atoms with Gasteiger partial charge in [-0.25, -0.2) is 14.4 Å². The first-order chi connectivity index (χ1) is 16.2. The molecule has 3 atom stereocenters. The van der Waals surface area contributed by atoms with Crippen molar-refractivity contribution < 1.29 is 38.4 Å². The summed E-state index contributed by atoms with van der Waals surface area (Å²) in [6.07, 6.45) is 12.3. The lowest BCUT2D eigenvalue weighted by Crippen LogP contribution is -2.52. The zero-order valence-corrected chi connectivity index (χ0v) is 19.9. The molecule has 0 aromatic rings. The molecule has 0 radical (unpaired) electrons. The molecule has 184 valence electrons. The highest BCUT2D eigenvalue weighted by Crippen LogP contribution is 2.43. The van der Waals surface area contributed by atoms with Gasteiger partial charge in [-0.1, -0.05) is 44.4 Å². The van der Waals surface area contributed by atoms with Crippen LogP contribution in [0.5, 0.6) is 0 Å². The Morgan fingerprint density at radius 2 is 1.38 bits per heavy atom. The van der Waals surface area contributed by atoms with Crippen LogP contribution in [0.25, 0.3) is 0 Å². The van der Waals surface area contributed by atoms with Crippen molar-refractivity contribution in [2.24, 2.45) is 11.8 Å². The van der Waals surface area contributed by atoms with Crippen LogP contribution in [0.4, 0.5) is 0 Å². The number of rotatable bonds is 3. The highest BCUT2D eigenvalue weighted by atomic mass is 16.8. The van der Waals surface area contributed by atoms with E-state index < -0.39 is 35.4 Å². The molecule has 8 heteroatoms. The van der Waals surface area contributed by atoms with E-state index in [4.69, 9.17) is 18.9 Å². The largest absolute Gasteiger partial charge is 0.480 e. The Kier molecular flexibility index (Phi) is 6.60. The predicted octanol–water partition coefficient (Wildman–Crippen LogP) is 4.67. The normalized spacial score (nSPS) is 34.7. The van der Waals surface area contributed by atoms with Crippen molar-refractivity contribution in [3.8, 4) is 0 Å². The van der Waals surface area contributed by atoms with Crippen LogP contribution in [0.3, 0.4) is 0 Å². The number of carbonyl (C=O) groups is 3. The summed E-state index contributed by atoms with van der Waals surface area (Å²) in [7, 11) is 0. The fraction of sp³-hybridized carbons (Fsp3) is 0.577. The maximum atomic E-state index is 12.6. The highest BCUT2D eigenvalue weighted by Gasteiger charge is 2.51. The lowest BCUT2D eigenvalue weighted by Gasteiger charge is -2.43. The first-order valence-electron chi connectivity index (χ1n) is 12.0. The number of esters is 3. The highest BCUT2D eigenvalue weighted by molar-refractivity contribution is 6.15. The summed E-state index contributed by atoms with van der Waals surface area (Å²) in [5.74, 6) is -4.85. The fourth-order valence-corrected chi connectivity index (χ4v) is 5.01. The maximum Gasteiger partial charge on any atom is 0.348 e. The molecule has 2 saturated carbocycles. The van der Waals surface area contributed by atoms with Gasteiger partial charge in [0.2, 0.25) is 0 Å². The summed E-state index contributed by atoms with van der Waals surface area (Å²) < 4.78 is 22.4. The van der Waals surface area contributed by atoms with Crippen molar-refractivity contribution in [2.45, 2.75) is 83.7 Å². The van der Waals surface area contributed by atoms with Crippen LogP contribution in [0.15, 0.2) is 47.0 Å². The molecule has 0 aromatic heterocycles. The molecule has 0 amide bonds. The molecule has 8 nitrogen and oxygen atoms in total. The van der Waals surface area contributed by atoms with Gasteiger partial charge in [-0.2, -0.15) is 0 Å². The molecule has 2 aliphatic carbocycles. The van der Waals surface area contributed by atoms with Gasteiger partial charge in [0.05, 0.1) is 0 Å². The zero-order valence-electron chi connectivity index (χ0n) is 19.9. The van der Waals surface area contributed by atoms with Crippen molar-refractivity contribution in [3.05, 3.63) is 47.0 Å². The lowest BCUT2D eigenvalue weighted by atomic mass is 9.84. The number of hydrogen-bond acceptors (Lipinski definition) is 8. The monoisotopic (exact) mass is 472 g/mol. The van der Waals surface area contributed by atoms with E-state index >= 15 is 0 Å². The van der Waals surface area contributed by atoms with Crippen molar-refractivity contribution in [2.75, 3.05) is 0 Å². The van der Waals surface area contributed by atoms with Crippen molar-refractivity contribution in [3.63, 3.8) is 0 Å². The summed E-state index contributed by atoms with van der Waals surface area (Å²) in [5, 5.41) is 10.4. The van der Waals surface area contributed by atoms with E-state index in [1.807, 2.05) is 13.8 Å². The zero-order chi connectivity index (χ0) is 24.5. The number of aliphatic hydroxyl groups excluding tert-OH is 1. The van der Waals surface area contributed by atoms with Crippen LogP contribution in [0.2, 0.25) is 0 Å². The predicted molar refractivity (Wildman–Crippen MR) is 121 cm³/mol. The van der Waals surface area contributed by atoms with E-state index in [1.54, 1.807) is 13.0 Å². The molecule has 0 aromatic carbocycles. The second-order valence-electron chi connectivity index (χ2n) is 9.73. The van der Waals surface area contributed by atoms with Gasteiger partial charge >= 0.3 is 17.9 Å². The minimum atomic E-state index is -1.17. The van der Waals surface area contributed by atoms with Gasteiger partial charge in [-0.15, -0.1) is 0 Å². The minimum absolute atomic E-state index is 0.0168. The fourth-order valence-electron chi connectivity index (χ4n) is 5.01. The van der Waals surface area contributed by atoms with Crippen molar-refractivity contribution in [1.29, 1.82) is 0 Å². The van der Waals surface area contributed by atoms with Crippen LogP contribution >= 0.6 is 0 Å². The molecule has 1 saturated heterocycles. The topological polar surface area (TPSA) is 108 Å². The van der Waals surface area contributed by atoms with Gasteiger partial charge in [-0.05, 0) is 44.8 Å². The first kappa shape index (κ1) is 24.1. The van der Waals surface area contributed by atoms with Gasteiger partial charge in [-0.3, -0.25) is 0 Å². The molecule has 3 unspecified atom stereocenters. The van der Waals surface area contributed by atoms with Crippen LogP contribution in [-0.4, -0.2) is 34.6 Å². The Morgan fingerprint density at radius 1 is 0.853 bits per heavy atom. The standard InChI is InChI=1S/C26H32O8/c1-16(10-12-19-21(27)31-25(32-22(19)28)14-6-4-8-17(25)2)11-13-20-23(29)33-26(34-24(20)30)15-7-5-9-18(26)3/h10-13,17-18,27H,4-9,14-15H2,1-3H3/b12-10+,16-11+,20-13?. The third-order valence-electron chi connectivity index (χ3n) is 7.31. The quantitative estimate of drug-likeness (QED) is 0.273. The molecule has 4 aliphatic rings. The molecular weight excluding hydrogens is 440 g/mol. The molecule has 3 fully saturated rings. The van der Waals surface area contributed by atoms with E-state index in [0.29, 0.717) is 18.4 Å². The van der Waals surface area contributed by atoms with Gasteiger partial charge in [0.15, 0.2) is 0 Å². The maximum absolute atomic E-state index is 12.6. The molecule has 1 N–H and O–H groups in total. The van der Waals surface area contributed by atoms with Gasteiger partial charge in [0.25, 0.3) is 17.5 Å². The minimum Gasteiger partial charge on any atom is -0.480 e. The Labute approximate surface area is 199 Å². The van der Waals surface area contributed by atoms with Crippen LogP contribution in [-0.2, 0) is 33.3 Å². The average molecular weight is 473 g/mol. The van der Waals surface area contributed by atoms with E-state index in [-0.39, 0.29) is 23.0 Å². The third-order valence-corrected chi connectivity index (χ3v) is 7.31. The number of hydrogen-bond donors (Lipinski definition) is 1. The molecule has 0 bridgehead atoms. The molecule has 34 heavy (non-hydrogen) atoms. The van der Waals surface area contributed by atoms with E-state index in [1.165, 1.54) is 18.2 Å². The summed E-state index contributed by atoms with van der Waals surface area (Å²) in [5.41, 5.74) is 0.333. The van der Waals surface area contributed by atoms with Crippen LogP contribution in [0, 0.1) is 11.8 Å². The molecule has 4 rings (SSSR count). The van der Waals surface area contributed by atoms with Crippen LogP contribution < -0.4 is 0 Å². The Morgan fingerprint density at radius 3 is 1.91 bits per heavy atom. The molecule has 2 spiro atoms. The first-order valence-corrected chi connectivity index (χ1v) is 12.0. The molecule has 2 heterocycles. The average Bonchev–Trinajstić information content (AvgIpc) is 2.77. The Hall–Kier alpha value is -3.03. The second-order valence-corrected chi connectivity index (χ2v) is 9.73. The third kappa shape index (κ3) is 4.50. The SMILES string of the molecule is CC(/C=C/C1=C(O)OC2(CCCCC2C)OC1=O)=C\C=C1C(=O)OC2(CCCCC2C)OC1=O. The summed E-state index contributed by atoms with van der Waals surface area (Å²) in [6, 6.07) is 0. The molecular formula is C26H32O8. The number of carbonyl (C=O) groups excluding carboxylic acids is 3. The second kappa shape index (κ2) is 9.31. The van der Waals surface area contributed by atoms with Crippen molar-refractivity contribution >= 4 is 17.9 Å². The summed E-state index contributed by atoms with van der Waals surface area (Å²) in [6.45, 7) is 5.58. The van der Waals surface area contributed by atoms with Crippen molar-refractivity contribution in [1.82, 2.24) is 0 Å². The smallest absolute Gasteiger partial charge is 0.348 e. The Balaban J connectivity index is 1.46. The summed E-state index contributed by atoms with van der Waals surface area (Å²) in [4.78, 5) is 37.7.